The van der Waals surface area contributed by atoms with E-state index in [0.29, 0.717) is 4.99 Å². The van der Waals surface area contributed by atoms with Crippen LogP contribution < -0.4 is 10.6 Å². The van der Waals surface area contributed by atoms with Gasteiger partial charge >= 0.3 is 0 Å². The highest BCUT2D eigenvalue weighted by Gasteiger charge is 2.10. The summed E-state index contributed by atoms with van der Waals surface area (Å²) < 4.78 is 0. The molecule has 5 heteroatoms. The van der Waals surface area contributed by atoms with Gasteiger partial charge in [-0.05, 0) is 30.0 Å². The molecule has 2 N–H and O–H groups in total. The van der Waals surface area contributed by atoms with Gasteiger partial charge in [0.1, 0.15) is 10.8 Å². The molecule has 0 aliphatic heterocycles. The van der Waals surface area contributed by atoms with E-state index < -0.39 is 0 Å². The molecule has 0 spiro atoms. The van der Waals surface area contributed by atoms with Gasteiger partial charge in [-0.15, -0.1) is 11.3 Å². The topological polar surface area (TPSA) is 42.2 Å². The summed E-state index contributed by atoms with van der Waals surface area (Å²) in [6.45, 7) is 0.896. The van der Waals surface area contributed by atoms with Crippen LogP contribution in [0.25, 0.3) is 0 Å². The van der Waals surface area contributed by atoms with Gasteiger partial charge in [0.05, 0.1) is 5.56 Å². The number of hydrogen-bond donors (Lipinski definition) is 1. The van der Waals surface area contributed by atoms with Crippen molar-refractivity contribution in [2.75, 3.05) is 18.5 Å². The molecule has 0 atom stereocenters. The smallest absolute Gasteiger partial charge is 0.138 e. The first-order valence-electron chi connectivity index (χ1n) is 5.67. The Balaban J connectivity index is 2.09. The maximum absolute atomic E-state index is 5.71. The summed E-state index contributed by atoms with van der Waals surface area (Å²) in [7, 11) is 2.01. The predicted octanol–water partition coefficient (Wildman–Crippen LogP) is 2.46. The summed E-state index contributed by atoms with van der Waals surface area (Å²) in [5, 5.41) is 2.09. The minimum absolute atomic E-state index is 0.390. The van der Waals surface area contributed by atoms with Gasteiger partial charge in [0.25, 0.3) is 0 Å². The van der Waals surface area contributed by atoms with E-state index in [9.17, 15) is 0 Å². The zero-order valence-corrected chi connectivity index (χ0v) is 11.8. The fraction of sp³-hybridized carbons (Fsp3) is 0.231. The lowest BCUT2D eigenvalue weighted by Crippen LogP contribution is -2.25. The number of nitrogens with zero attached hydrogens (tertiary/aromatic N) is 2. The molecule has 3 nitrogen and oxygen atoms in total. The van der Waals surface area contributed by atoms with Crippen molar-refractivity contribution in [3.63, 3.8) is 0 Å². The molecule has 0 aromatic carbocycles. The number of hydrogen-bond acceptors (Lipinski definition) is 4. The normalized spacial score (nSPS) is 10.3. The second kappa shape index (κ2) is 5.93. The van der Waals surface area contributed by atoms with Crippen LogP contribution >= 0.6 is 23.6 Å². The Bertz CT molecular complexity index is 523. The molecule has 2 heterocycles. The van der Waals surface area contributed by atoms with Gasteiger partial charge in [-0.3, -0.25) is 0 Å². The molecule has 0 saturated carbocycles. The fourth-order valence-corrected chi connectivity index (χ4v) is 2.59. The molecule has 2 aromatic heterocycles. The summed E-state index contributed by atoms with van der Waals surface area (Å²) in [5.41, 5.74) is 6.54. The molecule has 0 fully saturated rings. The van der Waals surface area contributed by atoms with E-state index in [1.54, 1.807) is 17.5 Å². The lowest BCUT2D eigenvalue weighted by atomic mass is 10.2. The van der Waals surface area contributed by atoms with Crippen LogP contribution in [0, 0.1) is 0 Å². The second-order valence-electron chi connectivity index (χ2n) is 3.99. The second-order valence-corrected chi connectivity index (χ2v) is 5.46. The molecule has 0 saturated heterocycles. The van der Waals surface area contributed by atoms with Crippen molar-refractivity contribution in [1.82, 2.24) is 4.98 Å². The highest BCUT2D eigenvalue weighted by Crippen LogP contribution is 2.17. The predicted molar refractivity (Wildman–Crippen MR) is 81.4 cm³/mol. The average Bonchev–Trinajstić information content (AvgIpc) is 2.89. The Labute approximate surface area is 116 Å². The number of likely N-dealkylation sites (N-methyl/N-ethyl adjacent to an activating group) is 1. The van der Waals surface area contributed by atoms with Crippen LogP contribution in [-0.2, 0) is 6.42 Å². The Kier molecular flexibility index (Phi) is 4.28. The molecular weight excluding hydrogens is 262 g/mol. The van der Waals surface area contributed by atoms with E-state index in [1.165, 1.54) is 4.88 Å². The van der Waals surface area contributed by atoms with Crippen LogP contribution in [0.4, 0.5) is 5.82 Å². The van der Waals surface area contributed by atoms with Crippen molar-refractivity contribution >= 4 is 34.4 Å². The van der Waals surface area contributed by atoms with E-state index >= 15 is 0 Å². The maximum Gasteiger partial charge on any atom is 0.138 e. The molecular formula is C13H15N3S2. The van der Waals surface area contributed by atoms with Crippen molar-refractivity contribution in [2.24, 2.45) is 5.73 Å². The maximum atomic E-state index is 5.71. The average molecular weight is 277 g/mol. The summed E-state index contributed by atoms with van der Waals surface area (Å²) >= 11 is 6.82. The minimum atomic E-state index is 0.390. The quantitative estimate of drug-likeness (QED) is 0.853. The van der Waals surface area contributed by atoms with Gasteiger partial charge in [0.15, 0.2) is 0 Å². The van der Waals surface area contributed by atoms with E-state index in [1.807, 2.05) is 19.2 Å². The first kappa shape index (κ1) is 13.0. The van der Waals surface area contributed by atoms with Crippen molar-refractivity contribution in [1.29, 1.82) is 0 Å². The van der Waals surface area contributed by atoms with E-state index in [4.69, 9.17) is 18.0 Å². The number of nitrogens with two attached hydrogens (primary N) is 1. The van der Waals surface area contributed by atoms with Crippen LogP contribution in [-0.4, -0.2) is 23.6 Å². The van der Waals surface area contributed by atoms with Crippen molar-refractivity contribution < 1.29 is 0 Å². The number of thiocarbonyl (C=S) groups is 1. The standard InChI is InChI=1S/C13H15N3S2/c1-16(8-6-10-4-3-9-18-10)13-11(12(14)17)5-2-7-15-13/h2-5,7,9H,6,8H2,1H3,(H2,14,17). The lowest BCUT2D eigenvalue weighted by molar-refractivity contribution is 0.868. The Morgan fingerprint density at radius 1 is 1.44 bits per heavy atom. The molecule has 0 aliphatic carbocycles. The SMILES string of the molecule is CN(CCc1cccs1)c1ncccc1C(N)=S. The molecule has 0 amide bonds. The fourth-order valence-electron chi connectivity index (χ4n) is 1.73. The monoisotopic (exact) mass is 277 g/mol. The zero-order valence-electron chi connectivity index (χ0n) is 10.2. The Hall–Kier alpha value is -1.46. The van der Waals surface area contributed by atoms with Crippen LogP contribution in [0.1, 0.15) is 10.4 Å². The third-order valence-electron chi connectivity index (χ3n) is 2.69. The first-order valence-corrected chi connectivity index (χ1v) is 6.95. The van der Waals surface area contributed by atoms with Gasteiger partial charge in [-0.2, -0.15) is 0 Å². The molecule has 0 aliphatic rings. The highest BCUT2D eigenvalue weighted by atomic mass is 32.1. The van der Waals surface area contributed by atoms with Gasteiger partial charge < -0.3 is 10.6 Å². The number of rotatable bonds is 5. The number of anilines is 1. The zero-order chi connectivity index (χ0) is 13.0. The van der Waals surface area contributed by atoms with Gasteiger partial charge in [-0.1, -0.05) is 18.3 Å². The van der Waals surface area contributed by atoms with E-state index in [2.05, 4.69) is 27.4 Å². The molecule has 2 rings (SSSR count). The molecule has 18 heavy (non-hydrogen) atoms. The van der Waals surface area contributed by atoms with E-state index in [0.717, 1.165) is 24.3 Å². The van der Waals surface area contributed by atoms with Gasteiger partial charge in [0.2, 0.25) is 0 Å². The Morgan fingerprint density at radius 2 is 2.28 bits per heavy atom. The van der Waals surface area contributed by atoms with Crippen molar-refractivity contribution in [3.05, 3.63) is 46.3 Å². The molecule has 2 aromatic rings. The molecule has 0 bridgehead atoms. The number of pyridine rings is 1. The van der Waals surface area contributed by atoms with Crippen LogP contribution in [0.3, 0.4) is 0 Å². The van der Waals surface area contributed by atoms with Crippen molar-refractivity contribution in [2.45, 2.75) is 6.42 Å². The number of thiophene rings is 1. The van der Waals surface area contributed by atoms with Crippen molar-refractivity contribution in [3.8, 4) is 0 Å². The van der Waals surface area contributed by atoms with Crippen LogP contribution in [0.2, 0.25) is 0 Å². The highest BCUT2D eigenvalue weighted by molar-refractivity contribution is 7.80. The summed E-state index contributed by atoms with van der Waals surface area (Å²) in [4.78, 5) is 8.21. The molecule has 0 radical (unpaired) electrons. The van der Waals surface area contributed by atoms with Gasteiger partial charge in [-0.25, -0.2) is 4.98 Å². The third-order valence-corrected chi connectivity index (χ3v) is 3.84. The molecule has 0 unspecified atom stereocenters. The largest absolute Gasteiger partial charge is 0.389 e. The molecule has 94 valence electrons. The van der Waals surface area contributed by atoms with Gasteiger partial charge in [0, 0.05) is 24.7 Å². The summed E-state index contributed by atoms with van der Waals surface area (Å²) in [5.74, 6) is 0.849. The first-order chi connectivity index (χ1) is 8.68. The lowest BCUT2D eigenvalue weighted by Gasteiger charge is -2.20. The summed E-state index contributed by atoms with van der Waals surface area (Å²) in [6, 6.07) is 7.98. The van der Waals surface area contributed by atoms with Crippen LogP contribution in [0.5, 0.6) is 0 Å². The van der Waals surface area contributed by atoms with Crippen LogP contribution in [0.15, 0.2) is 35.8 Å². The summed E-state index contributed by atoms with van der Waals surface area (Å²) in [6.07, 6.45) is 2.76. The Morgan fingerprint density at radius 3 is 2.94 bits per heavy atom. The third kappa shape index (κ3) is 3.05. The van der Waals surface area contributed by atoms with E-state index in [-0.39, 0.29) is 0 Å². The number of aromatic nitrogens is 1. The minimum Gasteiger partial charge on any atom is -0.389 e.